The van der Waals surface area contributed by atoms with Gasteiger partial charge in [-0.1, -0.05) is 32.4 Å². The first-order valence-electron chi connectivity index (χ1n) is 6.77. The number of hydrogen-bond acceptors (Lipinski definition) is 5. The van der Waals surface area contributed by atoms with E-state index in [1.165, 1.54) is 0 Å². The van der Waals surface area contributed by atoms with Crippen LogP contribution in [-0.2, 0) is 14.9 Å². The minimum atomic E-state index is -0.176. The Kier molecular flexibility index (Phi) is 6.20. The van der Waals surface area contributed by atoms with Crippen molar-refractivity contribution in [3.63, 3.8) is 0 Å². The van der Waals surface area contributed by atoms with Crippen molar-refractivity contribution >= 4 is 23.4 Å². The van der Waals surface area contributed by atoms with E-state index in [0.717, 1.165) is 0 Å². The van der Waals surface area contributed by atoms with Gasteiger partial charge in [-0.05, 0) is 13.3 Å². The van der Waals surface area contributed by atoms with E-state index in [4.69, 9.17) is 16.3 Å². The van der Waals surface area contributed by atoms with E-state index in [9.17, 15) is 4.79 Å². The molecule has 20 heavy (non-hydrogen) atoms. The number of nitrogens with zero attached hydrogens (tertiary/aromatic N) is 2. The number of carbonyl (C=O) groups excluding carboxylic acids is 1. The highest BCUT2D eigenvalue weighted by atomic mass is 35.5. The van der Waals surface area contributed by atoms with Crippen LogP contribution in [0.5, 0.6) is 0 Å². The molecule has 0 radical (unpaired) electrons. The molecule has 0 spiro atoms. The molecule has 6 heteroatoms. The Morgan fingerprint density at radius 1 is 1.40 bits per heavy atom. The quantitative estimate of drug-likeness (QED) is 0.496. The molecule has 0 bridgehead atoms. The summed E-state index contributed by atoms with van der Waals surface area (Å²) in [4.78, 5) is 19.9. The summed E-state index contributed by atoms with van der Waals surface area (Å²) < 4.78 is 4.86. The van der Waals surface area contributed by atoms with Gasteiger partial charge in [-0.2, -0.15) is 0 Å². The maximum atomic E-state index is 11.2. The molecule has 112 valence electrons. The van der Waals surface area contributed by atoms with Crippen LogP contribution < -0.4 is 5.32 Å². The summed E-state index contributed by atoms with van der Waals surface area (Å²) in [6, 6.07) is 1.68. The number of rotatable bonds is 6. The van der Waals surface area contributed by atoms with Gasteiger partial charge in [0.25, 0.3) is 0 Å². The van der Waals surface area contributed by atoms with Gasteiger partial charge in [-0.25, -0.2) is 9.97 Å². The van der Waals surface area contributed by atoms with Crippen molar-refractivity contribution < 1.29 is 9.53 Å². The fraction of sp³-hybridized carbons (Fsp3) is 0.643. The van der Waals surface area contributed by atoms with Gasteiger partial charge in [-0.3, -0.25) is 4.79 Å². The second-order valence-electron chi connectivity index (χ2n) is 5.48. The van der Waals surface area contributed by atoms with Gasteiger partial charge in [0.15, 0.2) is 0 Å². The first-order chi connectivity index (χ1) is 9.32. The zero-order valence-corrected chi connectivity index (χ0v) is 13.3. The molecule has 0 atom stereocenters. The van der Waals surface area contributed by atoms with E-state index in [-0.39, 0.29) is 11.4 Å². The highest BCUT2D eigenvalue weighted by molar-refractivity contribution is 6.29. The Balaban J connectivity index is 2.52. The number of hydrogen-bond donors (Lipinski definition) is 1. The summed E-state index contributed by atoms with van der Waals surface area (Å²) in [7, 11) is 0. The average Bonchev–Trinajstić information content (AvgIpc) is 2.33. The third kappa shape index (κ3) is 5.74. The summed E-state index contributed by atoms with van der Waals surface area (Å²) in [5, 5.41) is 3.57. The zero-order chi connectivity index (χ0) is 15.2. The lowest BCUT2D eigenvalue weighted by Crippen LogP contribution is -2.17. The van der Waals surface area contributed by atoms with Crippen molar-refractivity contribution in [3.05, 3.63) is 17.0 Å². The highest BCUT2D eigenvalue weighted by Gasteiger charge is 2.18. The second kappa shape index (κ2) is 7.43. The number of nitrogens with one attached hydrogen (secondary N) is 1. The number of carbonyl (C=O) groups is 1. The Labute approximate surface area is 125 Å². The summed E-state index contributed by atoms with van der Waals surface area (Å²) in [5.41, 5.74) is -0.160. The van der Waals surface area contributed by atoms with Crippen LogP contribution in [0.2, 0.25) is 5.15 Å². The Bertz CT molecular complexity index is 458. The number of aromatic nitrogens is 2. The topological polar surface area (TPSA) is 64.1 Å². The highest BCUT2D eigenvalue weighted by Crippen LogP contribution is 2.22. The Hall–Kier alpha value is -1.36. The van der Waals surface area contributed by atoms with Gasteiger partial charge < -0.3 is 10.1 Å². The fourth-order valence-corrected chi connectivity index (χ4v) is 1.71. The molecule has 1 aromatic rings. The molecule has 0 aromatic carbocycles. The van der Waals surface area contributed by atoms with E-state index in [1.54, 1.807) is 13.0 Å². The maximum absolute atomic E-state index is 11.2. The third-order valence-electron chi connectivity index (χ3n) is 2.53. The van der Waals surface area contributed by atoms with E-state index in [2.05, 4.69) is 15.3 Å². The summed E-state index contributed by atoms with van der Waals surface area (Å²) in [6.07, 6.45) is 1.08. The molecule has 0 aliphatic carbocycles. The van der Waals surface area contributed by atoms with Crippen LogP contribution >= 0.6 is 11.6 Å². The first-order valence-corrected chi connectivity index (χ1v) is 7.15. The van der Waals surface area contributed by atoms with Crippen LogP contribution in [0.25, 0.3) is 0 Å². The van der Waals surface area contributed by atoms with Crippen LogP contribution in [-0.4, -0.2) is 29.1 Å². The van der Waals surface area contributed by atoms with Gasteiger partial charge in [0.1, 0.15) is 16.8 Å². The van der Waals surface area contributed by atoms with Crippen molar-refractivity contribution in [2.24, 2.45) is 0 Å². The summed E-state index contributed by atoms with van der Waals surface area (Å²) in [6.45, 7) is 8.95. The van der Waals surface area contributed by atoms with Gasteiger partial charge >= 0.3 is 5.97 Å². The molecule has 5 nitrogen and oxygen atoms in total. The van der Waals surface area contributed by atoms with Gasteiger partial charge in [0.2, 0.25) is 0 Å². The van der Waals surface area contributed by atoms with Crippen LogP contribution in [0.15, 0.2) is 6.07 Å². The van der Waals surface area contributed by atoms with Crippen LogP contribution in [0.3, 0.4) is 0 Å². The lowest BCUT2D eigenvalue weighted by Gasteiger charge is -2.17. The van der Waals surface area contributed by atoms with E-state index in [0.29, 0.717) is 42.8 Å². The first kappa shape index (κ1) is 16.7. The van der Waals surface area contributed by atoms with Crippen LogP contribution in [0.4, 0.5) is 5.82 Å². The SMILES string of the molecule is CCOC(=O)CCCNc1cc(Cl)nc(C(C)(C)C)n1. The Morgan fingerprint density at radius 2 is 2.10 bits per heavy atom. The third-order valence-corrected chi connectivity index (χ3v) is 2.73. The number of esters is 1. The molecule has 0 aliphatic rings. The molecule has 0 fully saturated rings. The van der Waals surface area contributed by atoms with Gasteiger partial charge in [0.05, 0.1) is 6.61 Å². The minimum absolute atomic E-state index is 0.160. The van der Waals surface area contributed by atoms with Crippen LogP contribution in [0.1, 0.15) is 46.4 Å². The zero-order valence-electron chi connectivity index (χ0n) is 12.5. The molecule has 1 aromatic heterocycles. The normalized spacial score (nSPS) is 11.2. The Morgan fingerprint density at radius 3 is 2.70 bits per heavy atom. The number of anilines is 1. The van der Waals surface area contributed by atoms with E-state index < -0.39 is 0 Å². The van der Waals surface area contributed by atoms with E-state index in [1.807, 2.05) is 20.8 Å². The molecule has 1 heterocycles. The largest absolute Gasteiger partial charge is 0.466 e. The fourth-order valence-electron chi connectivity index (χ4n) is 1.53. The van der Waals surface area contributed by atoms with Crippen molar-refractivity contribution in [2.75, 3.05) is 18.5 Å². The molecular formula is C14H22ClN3O2. The van der Waals surface area contributed by atoms with Crippen molar-refractivity contribution in [1.82, 2.24) is 9.97 Å². The standard InChI is InChI=1S/C14H22ClN3O2/c1-5-20-12(19)7-6-8-16-11-9-10(15)17-13(18-11)14(2,3)4/h9H,5-8H2,1-4H3,(H,16,17,18). The van der Waals surface area contributed by atoms with Crippen molar-refractivity contribution in [2.45, 2.75) is 46.0 Å². The maximum Gasteiger partial charge on any atom is 0.305 e. The molecule has 0 aliphatic heterocycles. The number of ether oxygens (including phenoxy) is 1. The lowest BCUT2D eigenvalue weighted by atomic mass is 9.96. The molecular weight excluding hydrogens is 278 g/mol. The summed E-state index contributed by atoms with van der Waals surface area (Å²) in [5.74, 6) is 1.20. The van der Waals surface area contributed by atoms with Gasteiger partial charge in [0, 0.05) is 24.4 Å². The molecule has 0 amide bonds. The molecule has 0 saturated heterocycles. The van der Waals surface area contributed by atoms with E-state index >= 15 is 0 Å². The molecule has 0 unspecified atom stereocenters. The average molecular weight is 300 g/mol. The smallest absolute Gasteiger partial charge is 0.305 e. The second-order valence-corrected chi connectivity index (χ2v) is 5.87. The number of halogens is 1. The molecule has 0 saturated carbocycles. The predicted octanol–water partition coefficient (Wildman–Crippen LogP) is 3.18. The molecule has 1 N–H and O–H groups in total. The van der Waals surface area contributed by atoms with Crippen LogP contribution in [0, 0.1) is 0 Å². The monoisotopic (exact) mass is 299 g/mol. The molecule has 1 rings (SSSR count). The summed E-state index contributed by atoms with van der Waals surface area (Å²) >= 11 is 6.00. The predicted molar refractivity (Wildman–Crippen MR) is 80.1 cm³/mol. The van der Waals surface area contributed by atoms with Gasteiger partial charge in [-0.15, -0.1) is 0 Å². The lowest BCUT2D eigenvalue weighted by molar-refractivity contribution is -0.143. The van der Waals surface area contributed by atoms with Crippen molar-refractivity contribution in [3.8, 4) is 0 Å². The minimum Gasteiger partial charge on any atom is -0.466 e. The van der Waals surface area contributed by atoms with Crippen molar-refractivity contribution in [1.29, 1.82) is 0 Å².